The van der Waals surface area contributed by atoms with Crippen LogP contribution in [0.25, 0.3) is 0 Å². The van der Waals surface area contributed by atoms with Gasteiger partial charge in [0.05, 0.1) is 31.1 Å². The minimum absolute atomic E-state index is 0.0226. The summed E-state index contributed by atoms with van der Waals surface area (Å²) < 4.78 is 11.3. The Labute approximate surface area is 151 Å². The van der Waals surface area contributed by atoms with E-state index in [1.165, 1.54) is 6.33 Å². The van der Waals surface area contributed by atoms with Crippen molar-refractivity contribution >= 4 is 17.4 Å². The number of carbonyl (C=O) groups is 1. The average Bonchev–Trinajstić information content (AvgIpc) is 3.12. The quantitative estimate of drug-likeness (QED) is 0.892. The number of nitrogens with one attached hydrogen (secondary N) is 1. The highest BCUT2D eigenvalue weighted by molar-refractivity contribution is 5.94. The molecule has 26 heavy (non-hydrogen) atoms. The van der Waals surface area contributed by atoms with Crippen LogP contribution in [-0.2, 0) is 9.53 Å². The first-order valence-electron chi connectivity index (χ1n) is 8.73. The van der Waals surface area contributed by atoms with E-state index in [2.05, 4.69) is 25.2 Å². The normalized spacial score (nSPS) is 24.8. The Balaban J connectivity index is 1.40. The number of anilines is 2. The van der Waals surface area contributed by atoms with E-state index in [-0.39, 0.29) is 18.1 Å². The number of amides is 1. The van der Waals surface area contributed by atoms with Crippen LogP contribution in [0.15, 0.2) is 36.9 Å². The van der Waals surface area contributed by atoms with Crippen LogP contribution in [0.1, 0.15) is 19.3 Å². The van der Waals surface area contributed by atoms with Gasteiger partial charge in [-0.05, 0) is 31.4 Å². The Hall–Kier alpha value is -2.74. The van der Waals surface area contributed by atoms with Crippen molar-refractivity contribution in [2.75, 3.05) is 23.9 Å². The van der Waals surface area contributed by atoms with E-state index >= 15 is 0 Å². The van der Waals surface area contributed by atoms with Gasteiger partial charge in [-0.25, -0.2) is 9.97 Å². The molecule has 2 aliphatic rings. The van der Waals surface area contributed by atoms with Crippen molar-refractivity contribution in [2.45, 2.75) is 37.5 Å². The van der Waals surface area contributed by atoms with Crippen molar-refractivity contribution in [1.82, 2.24) is 15.0 Å². The fraction of sp³-hybridized carbons (Fsp3) is 0.444. The largest absolute Gasteiger partial charge is 0.481 e. The van der Waals surface area contributed by atoms with Crippen molar-refractivity contribution < 1.29 is 14.3 Å². The molecule has 4 rings (SSSR count). The smallest absolute Gasteiger partial charge is 0.253 e. The highest BCUT2D eigenvalue weighted by atomic mass is 16.5. The molecule has 3 atom stereocenters. The highest BCUT2D eigenvalue weighted by Gasteiger charge is 2.42. The number of hydrogen-bond acceptors (Lipinski definition) is 7. The third kappa shape index (κ3) is 3.32. The number of fused-ring (bicyclic) bond motifs is 1. The maximum Gasteiger partial charge on any atom is 0.253 e. The van der Waals surface area contributed by atoms with E-state index in [4.69, 9.17) is 9.47 Å². The van der Waals surface area contributed by atoms with Gasteiger partial charge in [0.1, 0.15) is 18.2 Å². The Morgan fingerprint density at radius 1 is 1.35 bits per heavy atom. The second kappa shape index (κ2) is 7.25. The molecule has 0 spiro atoms. The number of ether oxygens (including phenoxy) is 2. The third-order valence-corrected chi connectivity index (χ3v) is 4.90. The van der Waals surface area contributed by atoms with Gasteiger partial charge in [-0.2, -0.15) is 0 Å². The van der Waals surface area contributed by atoms with Crippen molar-refractivity contribution in [3.63, 3.8) is 0 Å². The van der Waals surface area contributed by atoms with Gasteiger partial charge in [0.25, 0.3) is 5.91 Å². The zero-order valence-corrected chi connectivity index (χ0v) is 14.5. The van der Waals surface area contributed by atoms with Crippen LogP contribution in [0.4, 0.5) is 11.5 Å². The highest BCUT2D eigenvalue weighted by Crippen LogP contribution is 2.34. The molecular weight excluding hydrogens is 334 g/mol. The van der Waals surface area contributed by atoms with Gasteiger partial charge in [-0.1, -0.05) is 0 Å². The fourth-order valence-corrected chi connectivity index (χ4v) is 3.66. The number of aromatic nitrogens is 3. The molecule has 2 aromatic heterocycles. The molecule has 2 aliphatic heterocycles. The van der Waals surface area contributed by atoms with Crippen molar-refractivity contribution in [1.29, 1.82) is 0 Å². The summed E-state index contributed by atoms with van der Waals surface area (Å²) in [4.78, 5) is 27.1. The number of carbonyl (C=O) groups excluding carboxylic acids is 1. The number of methoxy groups -OCH3 is 1. The first-order valence-corrected chi connectivity index (χ1v) is 8.73. The standard InChI is InChI=1S/C18H21N5O3/c1-25-17-9-16(20-11-21-17)23-8-6-14-13(23)4-5-15(26-14)18(24)22-12-3-2-7-19-10-12/h2-3,7,9-11,13-15H,4-6,8H2,1H3,(H,22,24)/t13-,14-,15+/m0/s1. The van der Waals surface area contributed by atoms with Gasteiger partial charge in [0, 0.05) is 18.8 Å². The summed E-state index contributed by atoms with van der Waals surface area (Å²) in [7, 11) is 1.59. The summed E-state index contributed by atoms with van der Waals surface area (Å²) in [5.41, 5.74) is 0.685. The molecule has 8 heteroatoms. The monoisotopic (exact) mass is 355 g/mol. The Morgan fingerprint density at radius 2 is 2.27 bits per heavy atom. The van der Waals surface area contributed by atoms with E-state index in [0.29, 0.717) is 18.0 Å². The van der Waals surface area contributed by atoms with Gasteiger partial charge in [-0.15, -0.1) is 0 Å². The minimum atomic E-state index is -0.434. The number of nitrogens with zero attached hydrogens (tertiary/aromatic N) is 4. The summed E-state index contributed by atoms with van der Waals surface area (Å²) in [6.45, 7) is 0.840. The second-order valence-electron chi connectivity index (χ2n) is 6.44. The van der Waals surface area contributed by atoms with Crippen molar-refractivity contribution in [3.8, 4) is 5.88 Å². The zero-order valence-electron chi connectivity index (χ0n) is 14.5. The molecule has 0 bridgehead atoms. The van der Waals surface area contributed by atoms with Gasteiger partial charge in [0.15, 0.2) is 0 Å². The number of pyridine rings is 1. The molecule has 0 aliphatic carbocycles. The van der Waals surface area contributed by atoms with Gasteiger partial charge < -0.3 is 19.7 Å². The molecule has 8 nitrogen and oxygen atoms in total. The lowest BCUT2D eigenvalue weighted by atomic mass is 9.98. The van der Waals surface area contributed by atoms with Gasteiger partial charge in [-0.3, -0.25) is 9.78 Å². The predicted octanol–water partition coefficient (Wildman–Crippen LogP) is 1.65. The topological polar surface area (TPSA) is 89.5 Å². The molecule has 2 fully saturated rings. The SMILES string of the molecule is COc1cc(N2CC[C@@H]3O[C@@H](C(=O)Nc4cccnc4)CC[C@@H]32)ncn1. The number of rotatable bonds is 4. The van der Waals surface area contributed by atoms with Crippen LogP contribution in [0.3, 0.4) is 0 Å². The first kappa shape index (κ1) is 16.7. The Kier molecular flexibility index (Phi) is 4.66. The van der Waals surface area contributed by atoms with Crippen LogP contribution in [0.5, 0.6) is 5.88 Å². The van der Waals surface area contributed by atoms with E-state index in [9.17, 15) is 4.79 Å². The molecule has 0 aromatic carbocycles. The molecule has 1 amide bonds. The van der Waals surface area contributed by atoms with Crippen LogP contribution in [-0.4, -0.2) is 52.8 Å². The Bertz CT molecular complexity index is 772. The van der Waals surface area contributed by atoms with Crippen molar-refractivity contribution in [2.24, 2.45) is 0 Å². The van der Waals surface area contributed by atoms with E-state index < -0.39 is 6.10 Å². The molecule has 136 valence electrons. The van der Waals surface area contributed by atoms with Crippen LogP contribution in [0.2, 0.25) is 0 Å². The molecule has 2 saturated heterocycles. The Morgan fingerprint density at radius 3 is 3.08 bits per heavy atom. The first-order chi connectivity index (χ1) is 12.7. The zero-order chi connectivity index (χ0) is 17.9. The van der Waals surface area contributed by atoms with Crippen molar-refractivity contribution in [3.05, 3.63) is 36.9 Å². The van der Waals surface area contributed by atoms with Crippen LogP contribution < -0.4 is 15.0 Å². The lowest BCUT2D eigenvalue weighted by Crippen LogP contribution is -2.46. The second-order valence-corrected chi connectivity index (χ2v) is 6.44. The summed E-state index contributed by atoms with van der Waals surface area (Å²) in [5.74, 6) is 1.27. The van der Waals surface area contributed by atoms with E-state index in [1.807, 2.05) is 12.1 Å². The molecule has 2 aromatic rings. The van der Waals surface area contributed by atoms with E-state index in [0.717, 1.165) is 25.2 Å². The third-order valence-electron chi connectivity index (χ3n) is 4.90. The maximum atomic E-state index is 12.5. The average molecular weight is 355 g/mol. The van der Waals surface area contributed by atoms with Crippen LogP contribution in [0, 0.1) is 0 Å². The summed E-state index contributed by atoms with van der Waals surface area (Å²) in [5, 5.41) is 2.87. The molecule has 4 heterocycles. The van der Waals surface area contributed by atoms with E-state index in [1.54, 1.807) is 25.6 Å². The lowest BCUT2D eigenvalue weighted by molar-refractivity contribution is -0.136. The summed E-state index contributed by atoms with van der Waals surface area (Å²) in [6, 6.07) is 5.66. The molecule has 0 saturated carbocycles. The molecular formula is C18H21N5O3. The minimum Gasteiger partial charge on any atom is -0.481 e. The molecule has 1 N–H and O–H groups in total. The summed E-state index contributed by atoms with van der Waals surface area (Å²) in [6.07, 6.45) is 6.82. The van der Waals surface area contributed by atoms with Crippen LogP contribution >= 0.6 is 0 Å². The molecule has 0 unspecified atom stereocenters. The number of hydrogen-bond donors (Lipinski definition) is 1. The van der Waals surface area contributed by atoms with Gasteiger partial charge >= 0.3 is 0 Å². The maximum absolute atomic E-state index is 12.5. The molecule has 0 radical (unpaired) electrons. The summed E-state index contributed by atoms with van der Waals surface area (Å²) >= 11 is 0. The lowest BCUT2D eigenvalue weighted by Gasteiger charge is -2.35. The van der Waals surface area contributed by atoms with Gasteiger partial charge in [0.2, 0.25) is 5.88 Å². The predicted molar refractivity (Wildman–Crippen MR) is 95.1 cm³/mol. The fourth-order valence-electron chi connectivity index (χ4n) is 3.66.